The normalized spacial score (nSPS) is 15.1. The average Bonchev–Trinajstić information content (AvgIpc) is 3.70. The Kier molecular flexibility index (Phi) is 7.66. The van der Waals surface area contributed by atoms with E-state index in [1.54, 1.807) is 35.0 Å². The molecular weight excluding hydrogens is 562 g/mol. The molecule has 5 aromatic rings. The third-order valence-electron chi connectivity index (χ3n) is 6.85. The fraction of sp³-hybridized carbons (Fsp3) is 0.207. The summed E-state index contributed by atoms with van der Waals surface area (Å²) in [4.78, 5) is 25.3. The first kappa shape index (κ1) is 27.8. The summed E-state index contributed by atoms with van der Waals surface area (Å²) < 4.78 is 48.2. The summed E-state index contributed by atoms with van der Waals surface area (Å²) in [5.41, 5.74) is 1.45. The smallest absolute Gasteiger partial charge is 0.284 e. The molecule has 1 atom stereocenters. The Morgan fingerprint density at radius 3 is 2.67 bits per heavy atom. The average molecular weight is 589 g/mol. The molecular formula is C29H26F2N8O4. The molecule has 3 N–H and O–H groups in total. The minimum atomic E-state index is -0.916. The van der Waals surface area contributed by atoms with Gasteiger partial charge in [-0.25, -0.2) is 28.2 Å². The van der Waals surface area contributed by atoms with Gasteiger partial charge in [0.2, 0.25) is 0 Å². The first-order valence-electron chi connectivity index (χ1n) is 13.3. The number of rotatable bonds is 9. The summed E-state index contributed by atoms with van der Waals surface area (Å²) in [5, 5.41) is 13.2. The van der Waals surface area contributed by atoms with E-state index in [0.717, 1.165) is 19.4 Å². The van der Waals surface area contributed by atoms with Gasteiger partial charge in [0, 0.05) is 41.9 Å². The maximum absolute atomic E-state index is 15.3. The Hall–Kier alpha value is -5.37. The van der Waals surface area contributed by atoms with Crippen molar-refractivity contribution in [2.24, 2.45) is 0 Å². The molecule has 2 aromatic carbocycles. The van der Waals surface area contributed by atoms with Crippen LogP contribution >= 0.6 is 0 Å². The minimum Gasteiger partial charge on any atom is -0.494 e. The molecule has 3 aromatic heterocycles. The molecule has 0 bridgehead atoms. The van der Waals surface area contributed by atoms with Crippen LogP contribution in [-0.4, -0.2) is 57.3 Å². The number of aromatic nitrogens is 5. The van der Waals surface area contributed by atoms with E-state index in [-0.39, 0.29) is 40.5 Å². The highest BCUT2D eigenvalue weighted by Crippen LogP contribution is 2.38. The Labute approximate surface area is 243 Å². The molecule has 0 spiro atoms. The van der Waals surface area contributed by atoms with Crippen molar-refractivity contribution in [2.75, 3.05) is 31.4 Å². The molecule has 0 aliphatic carbocycles. The molecule has 6 rings (SSSR count). The van der Waals surface area contributed by atoms with E-state index in [1.807, 2.05) is 0 Å². The lowest BCUT2D eigenvalue weighted by atomic mass is 10.1. The number of pyridine rings is 1. The number of amides is 1. The van der Waals surface area contributed by atoms with E-state index in [2.05, 4.69) is 36.0 Å². The lowest BCUT2D eigenvalue weighted by Crippen LogP contribution is -2.21. The van der Waals surface area contributed by atoms with Crippen LogP contribution in [0.15, 0.2) is 67.2 Å². The van der Waals surface area contributed by atoms with Crippen LogP contribution < -0.4 is 30.2 Å². The molecule has 1 fully saturated rings. The van der Waals surface area contributed by atoms with Gasteiger partial charge in [0.15, 0.2) is 23.0 Å². The topological polar surface area (TPSA) is 137 Å². The molecule has 1 aliphatic rings. The van der Waals surface area contributed by atoms with Crippen molar-refractivity contribution >= 4 is 39.6 Å². The molecule has 220 valence electrons. The van der Waals surface area contributed by atoms with Gasteiger partial charge in [-0.3, -0.25) is 4.79 Å². The maximum Gasteiger partial charge on any atom is 0.284 e. The summed E-state index contributed by atoms with van der Waals surface area (Å²) in [6.45, 7) is 0.773. The highest BCUT2D eigenvalue weighted by atomic mass is 19.1. The number of anilines is 3. The summed E-state index contributed by atoms with van der Waals surface area (Å²) in [6.07, 6.45) is 7.30. The van der Waals surface area contributed by atoms with Crippen LogP contribution in [0.5, 0.6) is 23.0 Å². The number of hydrogen-bond acceptors (Lipinski definition) is 10. The third-order valence-corrected chi connectivity index (χ3v) is 6.85. The fourth-order valence-electron chi connectivity index (χ4n) is 4.73. The predicted octanol–water partition coefficient (Wildman–Crippen LogP) is 4.91. The van der Waals surface area contributed by atoms with E-state index in [1.165, 1.54) is 45.1 Å². The second-order valence-electron chi connectivity index (χ2n) is 9.60. The standard InChI is InChI=1S/C29H26F2N8O4/c1-41-25-12-21-18(10-22(25)38-29(40)20(31)8-16-4-3-6-32-16)28(35-14-33-21)37-23-11-19(30)24(13-26(23)42-2)43-17-5-7-39-27(9-17)34-15-36-39/h5,7-16,32H,3-4,6H2,1-2H3,(H,38,40)(H,33,35,37). The second kappa shape index (κ2) is 11.9. The third kappa shape index (κ3) is 5.85. The second-order valence-corrected chi connectivity index (χ2v) is 9.60. The van der Waals surface area contributed by atoms with Gasteiger partial charge in [-0.1, -0.05) is 0 Å². The van der Waals surface area contributed by atoms with Crippen molar-refractivity contribution in [1.29, 1.82) is 0 Å². The van der Waals surface area contributed by atoms with Crippen molar-refractivity contribution in [3.63, 3.8) is 0 Å². The molecule has 43 heavy (non-hydrogen) atoms. The molecule has 1 amide bonds. The Balaban J connectivity index is 1.29. The van der Waals surface area contributed by atoms with Gasteiger partial charge in [0.1, 0.15) is 35.7 Å². The molecule has 1 aliphatic heterocycles. The van der Waals surface area contributed by atoms with E-state index in [0.29, 0.717) is 22.3 Å². The Morgan fingerprint density at radius 2 is 1.88 bits per heavy atom. The number of carbonyl (C=O) groups is 1. The zero-order valence-corrected chi connectivity index (χ0v) is 23.1. The monoisotopic (exact) mass is 588 g/mol. The first-order chi connectivity index (χ1) is 20.9. The van der Waals surface area contributed by atoms with Gasteiger partial charge in [0.25, 0.3) is 5.91 Å². The highest BCUT2D eigenvalue weighted by molar-refractivity contribution is 6.05. The predicted molar refractivity (Wildman–Crippen MR) is 154 cm³/mol. The van der Waals surface area contributed by atoms with Crippen molar-refractivity contribution in [1.82, 2.24) is 29.9 Å². The quantitative estimate of drug-likeness (QED) is 0.204. The molecule has 12 nitrogen and oxygen atoms in total. The minimum absolute atomic E-state index is 0.0727. The number of methoxy groups -OCH3 is 2. The fourth-order valence-corrected chi connectivity index (χ4v) is 4.73. The molecule has 1 saturated heterocycles. The molecule has 0 saturated carbocycles. The zero-order valence-electron chi connectivity index (χ0n) is 23.1. The van der Waals surface area contributed by atoms with Crippen molar-refractivity contribution in [3.05, 3.63) is 73.0 Å². The van der Waals surface area contributed by atoms with Crippen molar-refractivity contribution in [2.45, 2.75) is 18.9 Å². The molecule has 1 unspecified atom stereocenters. The number of hydrogen-bond donors (Lipinski definition) is 3. The van der Waals surface area contributed by atoms with E-state index in [4.69, 9.17) is 14.2 Å². The van der Waals surface area contributed by atoms with Gasteiger partial charge in [-0.2, -0.15) is 5.10 Å². The number of carbonyl (C=O) groups excluding carboxylic acids is 1. The van der Waals surface area contributed by atoms with Crippen LogP contribution in [0.2, 0.25) is 0 Å². The van der Waals surface area contributed by atoms with E-state index >= 15 is 4.39 Å². The number of halogens is 2. The maximum atomic E-state index is 15.3. The lowest BCUT2D eigenvalue weighted by molar-refractivity contribution is -0.114. The number of nitrogens with one attached hydrogen (secondary N) is 3. The van der Waals surface area contributed by atoms with E-state index in [9.17, 15) is 9.18 Å². The zero-order chi connectivity index (χ0) is 29.9. The van der Waals surface area contributed by atoms with Crippen LogP contribution in [0.25, 0.3) is 16.6 Å². The SMILES string of the molecule is COc1cc2ncnc(Nc3cc(F)c(Oc4ccn5ncnc5c4)cc3OC)c2cc1NC(=O)C(F)=CC1CCCN1. The number of nitrogens with zero attached hydrogens (tertiary/aromatic N) is 5. The van der Waals surface area contributed by atoms with Gasteiger partial charge in [-0.15, -0.1) is 0 Å². The number of ether oxygens (including phenoxy) is 3. The summed E-state index contributed by atoms with van der Waals surface area (Å²) in [5.74, 6) is -1.40. The molecule has 14 heteroatoms. The Bertz CT molecular complexity index is 1860. The van der Waals surface area contributed by atoms with Crippen LogP contribution in [0.3, 0.4) is 0 Å². The van der Waals surface area contributed by atoms with Gasteiger partial charge in [0.05, 0.1) is 31.1 Å². The Morgan fingerprint density at radius 1 is 1.05 bits per heavy atom. The number of benzene rings is 2. The van der Waals surface area contributed by atoms with Gasteiger partial charge < -0.3 is 30.2 Å². The molecule has 4 heterocycles. The lowest BCUT2D eigenvalue weighted by Gasteiger charge is -2.16. The largest absolute Gasteiger partial charge is 0.494 e. The van der Waals surface area contributed by atoms with Crippen LogP contribution in [0.4, 0.5) is 26.0 Å². The van der Waals surface area contributed by atoms with Crippen molar-refractivity contribution < 1.29 is 27.8 Å². The first-order valence-corrected chi connectivity index (χ1v) is 13.3. The highest BCUT2D eigenvalue weighted by Gasteiger charge is 2.20. The van der Waals surface area contributed by atoms with Crippen LogP contribution in [0, 0.1) is 5.82 Å². The van der Waals surface area contributed by atoms with Crippen molar-refractivity contribution in [3.8, 4) is 23.0 Å². The van der Waals surface area contributed by atoms with Crippen LogP contribution in [0.1, 0.15) is 12.8 Å². The summed E-state index contributed by atoms with van der Waals surface area (Å²) in [7, 11) is 2.86. The number of fused-ring (bicyclic) bond motifs is 2. The van der Waals surface area contributed by atoms with Crippen LogP contribution in [-0.2, 0) is 4.79 Å². The van der Waals surface area contributed by atoms with E-state index < -0.39 is 17.6 Å². The summed E-state index contributed by atoms with van der Waals surface area (Å²) >= 11 is 0. The molecule has 0 radical (unpaired) electrons. The summed E-state index contributed by atoms with van der Waals surface area (Å²) in [6, 6.07) is 8.80. The van der Waals surface area contributed by atoms with Gasteiger partial charge in [-0.05, 0) is 37.6 Å². The van der Waals surface area contributed by atoms with Gasteiger partial charge >= 0.3 is 0 Å².